The van der Waals surface area contributed by atoms with Gasteiger partial charge in [0.15, 0.2) is 5.49 Å². The van der Waals surface area contributed by atoms with Gasteiger partial charge in [-0.3, -0.25) is 0 Å². The molecule has 1 radical (unpaired) electrons. The summed E-state index contributed by atoms with van der Waals surface area (Å²) >= 11 is 4.48. The number of thiocarbonyl (C=S) groups is 1. The van der Waals surface area contributed by atoms with Gasteiger partial charge in [-0.05, 0) is 13.0 Å². The molecule has 0 aromatic carbocycles. The van der Waals surface area contributed by atoms with Crippen LogP contribution >= 0.6 is 12.2 Å². The second-order valence-electron chi connectivity index (χ2n) is 1.49. The molecule has 0 amide bonds. The molecule has 0 atom stereocenters. The van der Waals surface area contributed by atoms with Crippen LogP contribution in [0, 0.1) is 6.92 Å². The SMILES string of the molecule is Cc1ccn([C]=S)n1. The zero-order valence-corrected chi connectivity index (χ0v) is 5.27. The Balaban J connectivity index is 3.00. The van der Waals surface area contributed by atoms with E-state index in [1.807, 2.05) is 13.0 Å². The lowest BCUT2D eigenvalue weighted by atomic mass is 10.5. The topological polar surface area (TPSA) is 17.8 Å². The molecule has 1 aromatic heterocycles. The highest BCUT2D eigenvalue weighted by Crippen LogP contribution is 1.87. The summed E-state index contributed by atoms with van der Waals surface area (Å²) in [4.78, 5) is 0. The van der Waals surface area contributed by atoms with E-state index in [-0.39, 0.29) is 0 Å². The van der Waals surface area contributed by atoms with Crippen LogP contribution in [0.3, 0.4) is 0 Å². The normalized spacial score (nSPS) is 9.12. The average Bonchev–Trinajstić information content (AvgIpc) is 2.14. The summed E-state index contributed by atoms with van der Waals surface area (Å²) < 4.78 is 1.48. The van der Waals surface area contributed by atoms with Crippen molar-refractivity contribution in [1.29, 1.82) is 0 Å². The van der Waals surface area contributed by atoms with E-state index in [1.165, 1.54) is 4.68 Å². The molecule has 8 heavy (non-hydrogen) atoms. The Hall–Kier alpha value is -0.700. The van der Waals surface area contributed by atoms with Gasteiger partial charge < -0.3 is 0 Å². The molecule has 0 N–H and O–H groups in total. The molecule has 0 fully saturated rings. The average molecular weight is 125 g/mol. The summed E-state index contributed by atoms with van der Waals surface area (Å²) in [6.07, 6.45) is 1.77. The monoisotopic (exact) mass is 125 g/mol. The molecule has 0 unspecified atom stereocenters. The maximum Gasteiger partial charge on any atom is 0.164 e. The molecule has 1 aromatic rings. The van der Waals surface area contributed by atoms with Crippen LogP contribution in [-0.4, -0.2) is 15.3 Å². The lowest BCUT2D eigenvalue weighted by Crippen LogP contribution is -1.91. The molecule has 2 nitrogen and oxygen atoms in total. The summed E-state index contributed by atoms with van der Waals surface area (Å²) in [7, 11) is 0. The van der Waals surface area contributed by atoms with E-state index < -0.39 is 0 Å². The second kappa shape index (κ2) is 2.05. The third kappa shape index (κ3) is 0.924. The summed E-state index contributed by atoms with van der Waals surface area (Å²) in [6, 6.07) is 1.87. The first-order chi connectivity index (χ1) is 3.83. The van der Waals surface area contributed by atoms with E-state index in [1.54, 1.807) is 6.20 Å². The lowest BCUT2D eigenvalue weighted by Gasteiger charge is -1.79. The highest BCUT2D eigenvalue weighted by atomic mass is 32.1. The number of hydrogen-bond acceptors (Lipinski definition) is 2. The van der Waals surface area contributed by atoms with Crippen molar-refractivity contribution in [3.63, 3.8) is 0 Å². The molecule has 41 valence electrons. The highest BCUT2D eigenvalue weighted by molar-refractivity contribution is 7.78. The smallest absolute Gasteiger partial charge is 0.164 e. The van der Waals surface area contributed by atoms with Crippen molar-refractivity contribution in [3.8, 4) is 0 Å². The Kier molecular flexibility index (Phi) is 1.39. The minimum absolute atomic E-state index is 0.961. The largest absolute Gasteiger partial charge is 0.227 e. The van der Waals surface area contributed by atoms with Crippen LogP contribution in [0.1, 0.15) is 5.69 Å². The first kappa shape index (κ1) is 5.44. The molecule has 0 aliphatic heterocycles. The number of hydrogen-bond donors (Lipinski definition) is 0. The Bertz CT molecular complexity index is 192. The maximum absolute atomic E-state index is 4.48. The van der Waals surface area contributed by atoms with Crippen LogP contribution in [0.15, 0.2) is 12.3 Å². The van der Waals surface area contributed by atoms with Crippen molar-refractivity contribution < 1.29 is 0 Å². The van der Waals surface area contributed by atoms with Crippen molar-refractivity contribution in [2.24, 2.45) is 0 Å². The lowest BCUT2D eigenvalue weighted by molar-refractivity contribution is 0.943. The molecular formula is C5H5N2S. The van der Waals surface area contributed by atoms with E-state index in [2.05, 4.69) is 22.8 Å². The van der Waals surface area contributed by atoms with Gasteiger partial charge in [-0.15, -0.1) is 0 Å². The molecule has 0 aliphatic rings. The van der Waals surface area contributed by atoms with E-state index in [0.29, 0.717) is 0 Å². The van der Waals surface area contributed by atoms with E-state index in [9.17, 15) is 0 Å². The van der Waals surface area contributed by atoms with Gasteiger partial charge >= 0.3 is 0 Å². The first-order valence-corrected chi connectivity index (χ1v) is 2.64. The van der Waals surface area contributed by atoms with Crippen molar-refractivity contribution in [2.45, 2.75) is 6.92 Å². The minimum Gasteiger partial charge on any atom is -0.227 e. The highest BCUT2D eigenvalue weighted by Gasteiger charge is 1.85. The van der Waals surface area contributed by atoms with Gasteiger partial charge in [-0.1, -0.05) is 12.2 Å². The molecule has 0 spiro atoms. The van der Waals surface area contributed by atoms with Crippen LogP contribution in [-0.2, 0) is 0 Å². The van der Waals surface area contributed by atoms with Crippen molar-refractivity contribution >= 4 is 17.7 Å². The van der Waals surface area contributed by atoms with Crippen molar-refractivity contribution in [2.75, 3.05) is 0 Å². The van der Waals surface area contributed by atoms with Crippen LogP contribution in [0.25, 0.3) is 0 Å². The summed E-state index contributed by atoms with van der Waals surface area (Å²) in [5.41, 5.74) is 3.40. The summed E-state index contributed by atoms with van der Waals surface area (Å²) in [6.45, 7) is 1.91. The molecule has 0 aliphatic carbocycles. The van der Waals surface area contributed by atoms with Gasteiger partial charge in [0.2, 0.25) is 0 Å². The van der Waals surface area contributed by atoms with Crippen LogP contribution in [0.5, 0.6) is 0 Å². The van der Waals surface area contributed by atoms with Crippen LogP contribution in [0.4, 0.5) is 0 Å². The molecule has 3 heteroatoms. The maximum atomic E-state index is 4.48. The molecular weight excluding hydrogens is 120 g/mol. The summed E-state index contributed by atoms with van der Waals surface area (Å²) in [5, 5.41) is 3.93. The Morgan fingerprint density at radius 1 is 1.88 bits per heavy atom. The number of aryl methyl sites for hydroxylation is 1. The number of aromatic nitrogens is 2. The van der Waals surface area contributed by atoms with Gasteiger partial charge in [-0.2, -0.15) is 5.10 Å². The zero-order valence-electron chi connectivity index (χ0n) is 4.46. The van der Waals surface area contributed by atoms with Crippen LogP contribution in [0.2, 0.25) is 0 Å². The van der Waals surface area contributed by atoms with Crippen LogP contribution < -0.4 is 0 Å². The Morgan fingerprint density at radius 3 is 2.88 bits per heavy atom. The number of rotatable bonds is 1. The molecule has 0 bridgehead atoms. The van der Waals surface area contributed by atoms with E-state index >= 15 is 0 Å². The van der Waals surface area contributed by atoms with Gasteiger partial charge in [-0.25, -0.2) is 4.68 Å². The quantitative estimate of drug-likeness (QED) is 0.518. The van der Waals surface area contributed by atoms with Gasteiger partial charge in [0.25, 0.3) is 0 Å². The van der Waals surface area contributed by atoms with E-state index in [4.69, 9.17) is 0 Å². The second-order valence-corrected chi connectivity index (χ2v) is 1.68. The van der Waals surface area contributed by atoms with Crippen molar-refractivity contribution in [1.82, 2.24) is 9.78 Å². The predicted octanol–water partition coefficient (Wildman–Crippen LogP) is 0.874. The van der Waals surface area contributed by atoms with Gasteiger partial charge in [0, 0.05) is 6.20 Å². The molecule has 1 heterocycles. The van der Waals surface area contributed by atoms with Crippen molar-refractivity contribution in [3.05, 3.63) is 18.0 Å². The molecule has 0 saturated carbocycles. The molecule has 0 saturated heterocycles. The van der Waals surface area contributed by atoms with Gasteiger partial charge in [0.05, 0.1) is 5.69 Å². The summed E-state index contributed by atoms with van der Waals surface area (Å²) in [5.74, 6) is 0. The Labute approximate surface area is 53.1 Å². The standard InChI is InChI=1S/C5H5N2S/c1-5-2-3-7(4-8)6-5/h2-3H,1H3. The zero-order chi connectivity index (χ0) is 5.98. The Morgan fingerprint density at radius 2 is 2.62 bits per heavy atom. The van der Waals surface area contributed by atoms with E-state index in [0.717, 1.165) is 5.69 Å². The molecule has 1 rings (SSSR count). The predicted molar refractivity (Wildman–Crippen MR) is 35.0 cm³/mol. The fourth-order valence-corrected chi connectivity index (χ4v) is 0.568. The van der Waals surface area contributed by atoms with Gasteiger partial charge in [0.1, 0.15) is 0 Å². The third-order valence-electron chi connectivity index (χ3n) is 0.816. The minimum atomic E-state index is 0.961. The fraction of sp³-hybridized carbons (Fsp3) is 0.200. The first-order valence-electron chi connectivity index (χ1n) is 2.23. The fourth-order valence-electron chi connectivity index (χ4n) is 0.466. The number of nitrogens with zero attached hydrogens (tertiary/aromatic N) is 2. The third-order valence-corrected chi connectivity index (χ3v) is 1.00.